The second-order valence-corrected chi connectivity index (χ2v) is 3.18. The summed E-state index contributed by atoms with van der Waals surface area (Å²) in [4.78, 5) is 0. The van der Waals surface area contributed by atoms with Crippen molar-refractivity contribution in [1.82, 2.24) is 0 Å². The van der Waals surface area contributed by atoms with Crippen LogP contribution in [0.4, 0.5) is 5.69 Å². The van der Waals surface area contributed by atoms with Crippen LogP contribution in [0.25, 0.3) is 0 Å². The molecule has 64 valence electrons. The molecule has 0 amide bonds. The standard InChI is InChI=1S/C10H13NO/c1-11-8-4-2-3-7-5-6-9(12)10(7)8/h2-4,9,11-12H,5-6H2,1H3. The molecule has 1 aliphatic rings. The Hall–Kier alpha value is -1.02. The fourth-order valence-corrected chi connectivity index (χ4v) is 1.88. The third-order valence-corrected chi connectivity index (χ3v) is 2.49. The van der Waals surface area contributed by atoms with E-state index in [1.807, 2.05) is 19.2 Å². The molecule has 2 heteroatoms. The minimum atomic E-state index is -0.261. The zero-order valence-electron chi connectivity index (χ0n) is 7.17. The molecule has 1 aromatic carbocycles. The van der Waals surface area contributed by atoms with Crippen LogP contribution in [-0.4, -0.2) is 12.2 Å². The Kier molecular flexibility index (Phi) is 1.77. The van der Waals surface area contributed by atoms with E-state index in [0.717, 1.165) is 24.1 Å². The lowest BCUT2D eigenvalue weighted by Gasteiger charge is -2.10. The molecule has 1 aliphatic carbocycles. The van der Waals surface area contributed by atoms with Crippen molar-refractivity contribution in [1.29, 1.82) is 0 Å². The Morgan fingerprint density at radius 3 is 3.08 bits per heavy atom. The molecule has 0 saturated heterocycles. The first-order valence-electron chi connectivity index (χ1n) is 4.30. The highest BCUT2D eigenvalue weighted by molar-refractivity contribution is 5.57. The quantitative estimate of drug-likeness (QED) is 0.660. The predicted octanol–water partition coefficient (Wildman–Crippen LogP) is 1.71. The van der Waals surface area contributed by atoms with Gasteiger partial charge in [0.15, 0.2) is 0 Å². The normalized spacial score (nSPS) is 20.7. The summed E-state index contributed by atoms with van der Waals surface area (Å²) in [5, 5.41) is 12.8. The summed E-state index contributed by atoms with van der Waals surface area (Å²) in [6.07, 6.45) is 1.61. The summed E-state index contributed by atoms with van der Waals surface area (Å²) in [6.45, 7) is 0. The molecule has 0 fully saturated rings. The van der Waals surface area contributed by atoms with E-state index in [1.165, 1.54) is 5.56 Å². The molecule has 0 heterocycles. The van der Waals surface area contributed by atoms with Crippen LogP contribution < -0.4 is 5.32 Å². The van der Waals surface area contributed by atoms with Crippen molar-refractivity contribution in [3.8, 4) is 0 Å². The number of rotatable bonds is 1. The fourth-order valence-electron chi connectivity index (χ4n) is 1.88. The second kappa shape index (κ2) is 2.79. The minimum absolute atomic E-state index is 0.261. The second-order valence-electron chi connectivity index (χ2n) is 3.18. The van der Waals surface area contributed by atoms with Gasteiger partial charge in [0.1, 0.15) is 0 Å². The zero-order valence-corrected chi connectivity index (χ0v) is 7.17. The first-order valence-corrected chi connectivity index (χ1v) is 4.30. The predicted molar refractivity (Wildman–Crippen MR) is 49.3 cm³/mol. The number of benzene rings is 1. The topological polar surface area (TPSA) is 32.3 Å². The fraction of sp³-hybridized carbons (Fsp3) is 0.400. The first kappa shape index (κ1) is 7.62. The van der Waals surface area contributed by atoms with E-state index in [9.17, 15) is 5.11 Å². The van der Waals surface area contributed by atoms with Crippen LogP contribution >= 0.6 is 0 Å². The molecule has 0 aliphatic heterocycles. The molecule has 1 aromatic rings. The highest BCUT2D eigenvalue weighted by atomic mass is 16.3. The van der Waals surface area contributed by atoms with E-state index in [1.54, 1.807) is 0 Å². The van der Waals surface area contributed by atoms with Gasteiger partial charge in [0.25, 0.3) is 0 Å². The first-order chi connectivity index (χ1) is 5.83. The van der Waals surface area contributed by atoms with Gasteiger partial charge >= 0.3 is 0 Å². The van der Waals surface area contributed by atoms with Gasteiger partial charge in [-0.1, -0.05) is 12.1 Å². The Morgan fingerprint density at radius 1 is 1.50 bits per heavy atom. The van der Waals surface area contributed by atoms with Gasteiger partial charge in [0.2, 0.25) is 0 Å². The smallest absolute Gasteiger partial charge is 0.0815 e. The number of aliphatic hydroxyl groups excluding tert-OH is 1. The number of aliphatic hydroxyl groups is 1. The molecule has 2 nitrogen and oxygen atoms in total. The van der Waals surface area contributed by atoms with Gasteiger partial charge in [0, 0.05) is 18.3 Å². The van der Waals surface area contributed by atoms with Gasteiger partial charge in [-0.15, -0.1) is 0 Å². The molecule has 0 aromatic heterocycles. The van der Waals surface area contributed by atoms with Crippen LogP contribution in [0.2, 0.25) is 0 Å². The molecule has 2 rings (SSSR count). The van der Waals surface area contributed by atoms with E-state index >= 15 is 0 Å². The molecular formula is C10H13NO. The maximum atomic E-state index is 9.65. The number of anilines is 1. The maximum Gasteiger partial charge on any atom is 0.0815 e. The third kappa shape index (κ3) is 0.994. The Morgan fingerprint density at radius 2 is 2.33 bits per heavy atom. The van der Waals surface area contributed by atoms with E-state index < -0.39 is 0 Å². The Labute approximate surface area is 72.2 Å². The van der Waals surface area contributed by atoms with E-state index in [-0.39, 0.29) is 6.10 Å². The van der Waals surface area contributed by atoms with Crippen molar-refractivity contribution in [2.45, 2.75) is 18.9 Å². The molecule has 0 saturated carbocycles. The number of aryl methyl sites for hydroxylation is 1. The number of hydrogen-bond acceptors (Lipinski definition) is 2. The average molecular weight is 163 g/mol. The van der Waals surface area contributed by atoms with Crippen molar-refractivity contribution >= 4 is 5.69 Å². The lowest BCUT2D eigenvalue weighted by atomic mass is 10.1. The summed E-state index contributed by atoms with van der Waals surface area (Å²) >= 11 is 0. The van der Waals surface area contributed by atoms with E-state index in [2.05, 4.69) is 11.4 Å². The highest BCUT2D eigenvalue weighted by Gasteiger charge is 2.22. The number of hydrogen-bond donors (Lipinski definition) is 2. The van der Waals surface area contributed by atoms with Crippen LogP contribution in [0.5, 0.6) is 0 Å². The largest absolute Gasteiger partial charge is 0.388 e. The Bertz CT molecular complexity index is 296. The maximum absolute atomic E-state index is 9.65. The van der Waals surface area contributed by atoms with Crippen molar-refractivity contribution in [3.05, 3.63) is 29.3 Å². The molecule has 2 N–H and O–H groups in total. The molecule has 0 bridgehead atoms. The molecule has 1 atom stereocenters. The van der Waals surface area contributed by atoms with Crippen molar-refractivity contribution in [2.75, 3.05) is 12.4 Å². The van der Waals surface area contributed by atoms with Crippen molar-refractivity contribution in [2.24, 2.45) is 0 Å². The molecular weight excluding hydrogens is 150 g/mol. The van der Waals surface area contributed by atoms with Crippen LogP contribution in [0.15, 0.2) is 18.2 Å². The monoisotopic (exact) mass is 163 g/mol. The third-order valence-electron chi connectivity index (χ3n) is 2.49. The number of fused-ring (bicyclic) bond motifs is 1. The SMILES string of the molecule is CNc1cccc2c1C(O)CC2. The van der Waals surface area contributed by atoms with Crippen LogP contribution in [-0.2, 0) is 6.42 Å². The molecule has 0 radical (unpaired) electrons. The summed E-state index contributed by atoms with van der Waals surface area (Å²) in [7, 11) is 1.89. The van der Waals surface area contributed by atoms with Gasteiger partial charge in [-0.25, -0.2) is 0 Å². The highest BCUT2D eigenvalue weighted by Crippen LogP contribution is 2.35. The summed E-state index contributed by atoms with van der Waals surface area (Å²) in [5.41, 5.74) is 3.45. The zero-order chi connectivity index (χ0) is 8.55. The summed E-state index contributed by atoms with van der Waals surface area (Å²) in [6, 6.07) is 6.13. The summed E-state index contributed by atoms with van der Waals surface area (Å²) < 4.78 is 0. The van der Waals surface area contributed by atoms with Gasteiger partial charge < -0.3 is 10.4 Å². The van der Waals surface area contributed by atoms with Gasteiger partial charge in [-0.05, 0) is 24.5 Å². The Balaban J connectivity index is 2.53. The van der Waals surface area contributed by atoms with Gasteiger partial charge in [-0.2, -0.15) is 0 Å². The van der Waals surface area contributed by atoms with Crippen molar-refractivity contribution < 1.29 is 5.11 Å². The average Bonchev–Trinajstić information content (AvgIpc) is 2.48. The number of nitrogens with one attached hydrogen (secondary N) is 1. The van der Waals surface area contributed by atoms with Crippen molar-refractivity contribution in [3.63, 3.8) is 0 Å². The van der Waals surface area contributed by atoms with E-state index in [0.29, 0.717) is 0 Å². The summed E-state index contributed by atoms with van der Waals surface area (Å²) in [5.74, 6) is 0. The van der Waals surface area contributed by atoms with Crippen LogP contribution in [0.1, 0.15) is 23.7 Å². The van der Waals surface area contributed by atoms with E-state index in [4.69, 9.17) is 0 Å². The molecule has 1 unspecified atom stereocenters. The van der Waals surface area contributed by atoms with Gasteiger partial charge in [0.05, 0.1) is 6.10 Å². The lowest BCUT2D eigenvalue weighted by Crippen LogP contribution is -1.98. The molecule has 0 spiro atoms. The lowest BCUT2D eigenvalue weighted by molar-refractivity contribution is 0.180. The van der Waals surface area contributed by atoms with Crippen LogP contribution in [0.3, 0.4) is 0 Å². The minimum Gasteiger partial charge on any atom is -0.388 e. The van der Waals surface area contributed by atoms with Gasteiger partial charge in [-0.3, -0.25) is 0 Å². The molecule has 12 heavy (non-hydrogen) atoms. The van der Waals surface area contributed by atoms with Crippen LogP contribution in [0, 0.1) is 0 Å².